The number of aromatic nitrogens is 1. The van der Waals surface area contributed by atoms with E-state index in [1.165, 1.54) is 5.56 Å². The van der Waals surface area contributed by atoms with E-state index >= 15 is 0 Å². The lowest BCUT2D eigenvalue weighted by Gasteiger charge is -2.06. The van der Waals surface area contributed by atoms with Gasteiger partial charge in [-0.1, -0.05) is 30.3 Å². The minimum atomic E-state index is -0.925. The van der Waals surface area contributed by atoms with Crippen molar-refractivity contribution >= 4 is 12.0 Å². The van der Waals surface area contributed by atoms with E-state index in [4.69, 9.17) is 5.11 Å². The fraction of sp³-hybridized carbons (Fsp3) is 0.133. The number of hydrogen-bond donors (Lipinski definition) is 1. The summed E-state index contributed by atoms with van der Waals surface area (Å²) < 4.78 is 2.05. The molecule has 1 aromatic carbocycles. The third-order valence-electron chi connectivity index (χ3n) is 2.75. The molecule has 0 unspecified atom stereocenters. The molecule has 0 bridgehead atoms. The molecule has 0 saturated heterocycles. The van der Waals surface area contributed by atoms with Gasteiger partial charge in [-0.3, -0.25) is 0 Å². The predicted octanol–water partition coefficient (Wildman–Crippen LogP) is 2.83. The SMILES string of the molecule is O=C(O)/C=C/c1cccn1CCc1ccccc1. The van der Waals surface area contributed by atoms with Crippen molar-refractivity contribution in [1.82, 2.24) is 4.57 Å². The molecule has 1 aromatic heterocycles. The zero-order chi connectivity index (χ0) is 12.8. The van der Waals surface area contributed by atoms with Gasteiger partial charge >= 0.3 is 5.97 Å². The zero-order valence-corrected chi connectivity index (χ0v) is 9.99. The molecule has 3 nitrogen and oxygen atoms in total. The van der Waals surface area contributed by atoms with Crippen molar-refractivity contribution in [2.24, 2.45) is 0 Å². The van der Waals surface area contributed by atoms with Crippen LogP contribution in [-0.4, -0.2) is 15.6 Å². The van der Waals surface area contributed by atoms with Gasteiger partial charge in [0.15, 0.2) is 0 Å². The summed E-state index contributed by atoms with van der Waals surface area (Å²) in [5.74, 6) is -0.925. The van der Waals surface area contributed by atoms with Gasteiger partial charge in [-0.15, -0.1) is 0 Å². The van der Waals surface area contributed by atoms with Gasteiger partial charge in [0.05, 0.1) is 0 Å². The molecule has 2 aromatic rings. The van der Waals surface area contributed by atoms with Crippen molar-refractivity contribution in [3.63, 3.8) is 0 Å². The van der Waals surface area contributed by atoms with Crippen molar-refractivity contribution in [2.75, 3.05) is 0 Å². The van der Waals surface area contributed by atoms with E-state index in [-0.39, 0.29) is 0 Å². The molecule has 0 spiro atoms. The molecule has 3 heteroatoms. The molecule has 0 aliphatic rings. The number of carbonyl (C=O) groups is 1. The van der Waals surface area contributed by atoms with Crippen molar-refractivity contribution in [2.45, 2.75) is 13.0 Å². The highest BCUT2D eigenvalue weighted by Crippen LogP contribution is 2.08. The summed E-state index contributed by atoms with van der Waals surface area (Å²) >= 11 is 0. The molecule has 0 aliphatic heterocycles. The minimum absolute atomic E-state index is 0.844. The molecule has 2 rings (SSSR count). The lowest BCUT2D eigenvalue weighted by Crippen LogP contribution is -2.02. The number of carboxylic acids is 1. The number of benzene rings is 1. The summed E-state index contributed by atoms with van der Waals surface area (Å²) in [7, 11) is 0. The van der Waals surface area contributed by atoms with Crippen LogP contribution >= 0.6 is 0 Å². The van der Waals surface area contributed by atoms with E-state index in [1.807, 2.05) is 41.1 Å². The molecule has 0 atom stereocenters. The fourth-order valence-electron chi connectivity index (χ4n) is 1.83. The monoisotopic (exact) mass is 241 g/mol. The third-order valence-corrected chi connectivity index (χ3v) is 2.75. The van der Waals surface area contributed by atoms with Gasteiger partial charge in [-0.25, -0.2) is 4.79 Å². The average Bonchev–Trinajstić information content (AvgIpc) is 2.82. The van der Waals surface area contributed by atoms with Gasteiger partial charge in [0.1, 0.15) is 0 Å². The Morgan fingerprint density at radius 2 is 1.94 bits per heavy atom. The molecule has 1 heterocycles. The molecule has 0 radical (unpaired) electrons. The normalized spacial score (nSPS) is 10.9. The van der Waals surface area contributed by atoms with Crippen LogP contribution in [0.25, 0.3) is 6.08 Å². The van der Waals surface area contributed by atoms with E-state index in [2.05, 4.69) is 12.1 Å². The summed E-state index contributed by atoms with van der Waals surface area (Å²) in [5, 5.41) is 8.62. The first-order valence-electron chi connectivity index (χ1n) is 5.86. The maximum absolute atomic E-state index is 10.5. The first-order valence-corrected chi connectivity index (χ1v) is 5.86. The van der Waals surface area contributed by atoms with Crippen molar-refractivity contribution in [1.29, 1.82) is 0 Å². The smallest absolute Gasteiger partial charge is 0.328 e. The minimum Gasteiger partial charge on any atom is -0.478 e. The number of carboxylic acid groups (broad SMARTS) is 1. The van der Waals surface area contributed by atoms with Crippen LogP contribution in [0.4, 0.5) is 0 Å². The number of nitrogens with zero attached hydrogens (tertiary/aromatic N) is 1. The second-order valence-corrected chi connectivity index (χ2v) is 4.03. The predicted molar refractivity (Wildman–Crippen MR) is 71.2 cm³/mol. The summed E-state index contributed by atoms with van der Waals surface area (Å²) in [6, 6.07) is 14.1. The Labute approximate surface area is 106 Å². The van der Waals surface area contributed by atoms with Gasteiger partial charge < -0.3 is 9.67 Å². The number of hydrogen-bond acceptors (Lipinski definition) is 1. The van der Waals surface area contributed by atoms with E-state index in [0.717, 1.165) is 24.7 Å². The van der Waals surface area contributed by atoms with Gasteiger partial charge in [0.2, 0.25) is 0 Å². The number of rotatable bonds is 5. The van der Waals surface area contributed by atoms with Crippen LogP contribution in [0.15, 0.2) is 54.7 Å². The maximum atomic E-state index is 10.5. The maximum Gasteiger partial charge on any atom is 0.328 e. The summed E-state index contributed by atoms with van der Waals surface area (Å²) in [4.78, 5) is 10.5. The molecule has 1 N–H and O–H groups in total. The van der Waals surface area contributed by atoms with Crippen LogP contribution in [-0.2, 0) is 17.8 Å². The van der Waals surface area contributed by atoms with E-state index in [1.54, 1.807) is 6.08 Å². The lowest BCUT2D eigenvalue weighted by atomic mass is 10.1. The Morgan fingerprint density at radius 1 is 1.17 bits per heavy atom. The average molecular weight is 241 g/mol. The number of aryl methyl sites for hydroxylation is 2. The Hall–Kier alpha value is -2.29. The van der Waals surface area contributed by atoms with Crippen LogP contribution in [0.3, 0.4) is 0 Å². The van der Waals surface area contributed by atoms with Crippen LogP contribution in [0.1, 0.15) is 11.3 Å². The summed E-state index contributed by atoms with van der Waals surface area (Å²) in [6.45, 7) is 0.844. The molecule has 0 fully saturated rings. The standard InChI is InChI=1S/C15H15NO2/c17-15(18)9-8-14-7-4-11-16(14)12-10-13-5-2-1-3-6-13/h1-9,11H,10,12H2,(H,17,18)/b9-8+. The van der Waals surface area contributed by atoms with E-state index < -0.39 is 5.97 Å². The Morgan fingerprint density at radius 3 is 2.67 bits per heavy atom. The fourth-order valence-corrected chi connectivity index (χ4v) is 1.83. The molecular weight excluding hydrogens is 226 g/mol. The van der Waals surface area contributed by atoms with Gasteiger partial charge in [0.25, 0.3) is 0 Å². The lowest BCUT2D eigenvalue weighted by molar-refractivity contribution is -0.131. The molecular formula is C15H15NO2. The highest BCUT2D eigenvalue weighted by Gasteiger charge is 1.99. The van der Waals surface area contributed by atoms with Crippen molar-refractivity contribution in [3.8, 4) is 0 Å². The zero-order valence-electron chi connectivity index (χ0n) is 9.99. The quantitative estimate of drug-likeness (QED) is 0.818. The molecule has 18 heavy (non-hydrogen) atoms. The van der Waals surface area contributed by atoms with Crippen LogP contribution in [0, 0.1) is 0 Å². The second kappa shape index (κ2) is 5.87. The molecule has 92 valence electrons. The van der Waals surface area contributed by atoms with Crippen LogP contribution in [0.2, 0.25) is 0 Å². The second-order valence-electron chi connectivity index (χ2n) is 4.03. The van der Waals surface area contributed by atoms with Crippen LogP contribution < -0.4 is 0 Å². The third kappa shape index (κ3) is 3.35. The van der Waals surface area contributed by atoms with Gasteiger partial charge in [0, 0.05) is 24.5 Å². The van der Waals surface area contributed by atoms with E-state index in [9.17, 15) is 4.79 Å². The molecule has 0 saturated carbocycles. The van der Waals surface area contributed by atoms with E-state index in [0.29, 0.717) is 0 Å². The van der Waals surface area contributed by atoms with Crippen molar-refractivity contribution in [3.05, 3.63) is 66.0 Å². The Balaban J connectivity index is 2.02. The summed E-state index contributed by atoms with van der Waals surface area (Å²) in [6.07, 6.45) is 5.68. The van der Waals surface area contributed by atoms with Crippen molar-refractivity contribution < 1.29 is 9.90 Å². The van der Waals surface area contributed by atoms with Gasteiger partial charge in [-0.2, -0.15) is 0 Å². The molecule has 0 amide bonds. The highest BCUT2D eigenvalue weighted by atomic mass is 16.4. The first kappa shape index (κ1) is 12.2. The van der Waals surface area contributed by atoms with Gasteiger partial charge in [-0.05, 0) is 30.2 Å². The number of aliphatic carboxylic acids is 1. The largest absolute Gasteiger partial charge is 0.478 e. The molecule has 0 aliphatic carbocycles. The first-order chi connectivity index (χ1) is 8.75. The highest BCUT2D eigenvalue weighted by molar-refractivity contribution is 5.84. The topological polar surface area (TPSA) is 42.2 Å². The Bertz CT molecular complexity index is 541. The summed E-state index contributed by atoms with van der Waals surface area (Å²) in [5.41, 5.74) is 2.19. The van der Waals surface area contributed by atoms with Crippen LogP contribution in [0.5, 0.6) is 0 Å². The Kier molecular flexibility index (Phi) is 3.97.